The number of aliphatic carboxylic acids is 3. The molecule has 0 amide bonds. The van der Waals surface area contributed by atoms with E-state index < -0.39 is 36.4 Å². The molecule has 0 bridgehead atoms. The van der Waals surface area contributed by atoms with Gasteiger partial charge in [-0.15, -0.1) is 0 Å². The molecule has 2 saturated heterocycles. The Morgan fingerprint density at radius 1 is 0.844 bits per heavy atom. The summed E-state index contributed by atoms with van der Waals surface area (Å²) in [4.78, 5) is 36.1. The molecule has 1 aromatic rings. The predicted octanol–water partition coefficient (Wildman–Crippen LogP) is 3.83. The van der Waals surface area contributed by atoms with Crippen LogP contribution in [-0.2, 0) is 30.5 Å². The monoisotopic (exact) mass is 673 g/mol. The highest BCUT2D eigenvalue weighted by atomic mass is 19.4. The minimum absolute atomic E-state index is 0.227. The number of hydrogen-bond donors (Lipinski definition) is 3. The molecule has 11 nitrogen and oxygen atoms in total. The second-order valence-electron chi connectivity index (χ2n) is 9.68. The van der Waals surface area contributed by atoms with Crippen LogP contribution in [0.3, 0.4) is 0 Å². The number of nitrogens with zero attached hydrogens (tertiary/aromatic N) is 3. The van der Waals surface area contributed by atoms with Crippen LogP contribution in [0, 0.1) is 0 Å². The van der Waals surface area contributed by atoms with Crippen molar-refractivity contribution in [3.05, 3.63) is 30.1 Å². The molecule has 1 aliphatic carbocycles. The van der Waals surface area contributed by atoms with Crippen LogP contribution in [-0.4, -0.2) is 124 Å². The first-order chi connectivity index (χ1) is 20.7. The summed E-state index contributed by atoms with van der Waals surface area (Å²) in [6, 6.07) is 4.58. The van der Waals surface area contributed by atoms with E-state index in [1.165, 1.54) is 45.4 Å². The Morgan fingerprint density at radius 2 is 1.36 bits per heavy atom. The van der Waals surface area contributed by atoms with Gasteiger partial charge in [-0.2, -0.15) is 39.5 Å². The molecule has 1 saturated carbocycles. The summed E-state index contributed by atoms with van der Waals surface area (Å²) in [5.41, 5.74) is 1.14. The van der Waals surface area contributed by atoms with E-state index in [1.54, 1.807) is 6.20 Å². The van der Waals surface area contributed by atoms with Crippen molar-refractivity contribution >= 4 is 17.9 Å². The Morgan fingerprint density at radius 3 is 1.80 bits per heavy atom. The molecule has 20 heteroatoms. The lowest BCUT2D eigenvalue weighted by Crippen LogP contribution is -2.53. The number of alkyl halides is 9. The van der Waals surface area contributed by atoms with Gasteiger partial charge < -0.3 is 29.7 Å². The van der Waals surface area contributed by atoms with Crippen molar-refractivity contribution in [1.82, 2.24) is 14.8 Å². The Labute approximate surface area is 250 Å². The Balaban J connectivity index is 0.000000396. The number of hydrogen-bond acceptors (Lipinski definition) is 8. The third kappa shape index (κ3) is 15.6. The highest BCUT2D eigenvalue weighted by Gasteiger charge is 2.43. The zero-order chi connectivity index (χ0) is 34.4. The van der Waals surface area contributed by atoms with Crippen LogP contribution in [0.4, 0.5) is 39.5 Å². The molecule has 1 aromatic heterocycles. The molecule has 0 aromatic carbocycles. The maximum absolute atomic E-state index is 10.6. The first-order valence-electron chi connectivity index (χ1n) is 13.2. The SMILES string of the molecule is O=C(O)C(F)(F)F.O=C(O)C(F)(F)F.O=C(O)C(F)(F)F.c1cncc(CO[C@H]2CC[C@H]3[C@H]2OCCN3CCN2CCCC2)c1. The summed E-state index contributed by atoms with van der Waals surface area (Å²) >= 11 is 0. The van der Waals surface area contributed by atoms with Crippen LogP contribution >= 0.6 is 0 Å². The smallest absolute Gasteiger partial charge is 0.475 e. The summed E-state index contributed by atoms with van der Waals surface area (Å²) < 4.78 is 108. The minimum Gasteiger partial charge on any atom is -0.475 e. The number of carbonyl (C=O) groups is 3. The van der Waals surface area contributed by atoms with Gasteiger partial charge in [0.2, 0.25) is 0 Å². The summed E-state index contributed by atoms with van der Waals surface area (Å²) in [5.74, 6) is -8.27. The lowest BCUT2D eigenvalue weighted by atomic mass is 10.1. The number of ether oxygens (including phenoxy) is 2. The number of halogens is 9. The van der Waals surface area contributed by atoms with Gasteiger partial charge in [-0.1, -0.05) is 6.07 Å². The number of likely N-dealkylation sites (tertiary alicyclic amines) is 1. The summed E-state index contributed by atoms with van der Waals surface area (Å²) in [6.45, 7) is 7.52. The highest BCUT2D eigenvalue weighted by Crippen LogP contribution is 2.32. The number of rotatable bonds is 6. The Kier molecular flexibility index (Phi) is 16.0. The van der Waals surface area contributed by atoms with Crippen molar-refractivity contribution in [2.24, 2.45) is 0 Å². The van der Waals surface area contributed by atoms with E-state index in [0.717, 1.165) is 25.1 Å². The summed E-state index contributed by atoms with van der Waals surface area (Å²) in [7, 11) is 0. The van der Waals surface area contributed by atoms with Gasteiger partial charge in [-0.3, -0.25) is 9.88 Å². The maximum Gasteiger partial charge on any atom is 0.490 e. The van der Waals surface area contributed by atoms with Gasteiger partial charge >= 0.3 is 36.4 Å². The Bertz CT molecular complexity index is 996. The van der Waals surface area contributed by atoms with Crippen molar-refractivity contribution in [3.8, 4) is 0 Å². The standard InChI is InChI=1S/C19H29N3O2.3C2HF3O2/c1-2-9-21(8-1)10-11-22-12-13-23-19-17(22)5-6-18(19)24-15-16-4-3-7-20-14-16;3*3-2(4,5)1(6)7/h3-4,7,14,17-19H,1-2,5-6,8-13,15H2;3*(H,6,7)/t17-,18-,19+;;;/m0.../s1. The Hall–Kier alpha value is -3.23. The van der Waals surface area contributed by atoms with E-state index in [2.05, 4.69) is 20.9 Å². The number of carboxylic acids is 3. The number of fused-ring (bicyclic) bond motifs is 1. The second kappa shape index (κ2) is 18.1. The number of aromatic nitrogens is 1. The van der Waals surface area contributed by atoms with Crippen LogP contribution in [0.25, 0.3) is 0 Å². The van der Waals surface area contributed by atoms with Gasteiger partial charge in [0.1, 0.15) is 0 Å². The van der Waals surface area contributed by atoms with Crippen molar-refractivity contribution in [2.45, 2.75) is 69.1 Å². The molecule has 3 atom stereocenters. The van der Waals surface area contributed by atoms with Crippen molar-refractivity contribution in [3.63, 3.8) is 0 Å². The molecule has 258 valence electrons. The lowest BCUT2D eigenvalue weighted by Gasteiger charge is -2.39. The fourth-order valence-corrected chi connectivity index (χ4v) is 4.41. The largest absolute Gasteiger partial charge is 0.490 e. The van der Waals surface area contributed by atoms with Gasteiger partial charge in [0, 0.05) is 38.1 Å². The zero-order valence-electron chi connectivity index (χ0n) is 23.4. The molecule has 3 fully saturated rings. The van der Waals surface area contributed by atoms with Crippen LogP contribution < -0.4 is 0 Å². The average molecular weight is 674 g/mol. The van der Waals surface area contributed by atoms with Crippen LogP contribution in [0.15, 0.2) is 24.5 Å². The van der Waals surface area contributed by atoms with Crippen molar-refractivity contribution < 1.29 is 78.7 Å². The fraction of sp³-hybridized carbons (Fsp3) is 0.680. The van der Waals surface area contributed by atoms with E-state index in [1.807, 2.05) is 12.3 Å². The molecule has 2 aliphatic heterocycles. The van der Waals surface area contributed by atoms with E-state index in [9.17, 15) is 39.5 Å². The van der Waals surface area contributed by atoms with Gasteiger partial charge in [-0.05, 0) is 50.4 Å². The van der Waals surface area contributed by atoms with Crippen LogP contribution in [0.2, 0.25) is 0 Å². The normalized spacial score (nSPS) is 22.0. The lowest BCUT2D eigenvalue weighted by molar-refractivity contribution is -0.193. The minimum atomic E-state index is -5.08. The van der Waals surface area contributed by atoms with E-state index in [-0.39, 0.29) is 12.2 Å². The van der Waals surface area contributed by atoms with Gasteiger partial charge in [0.15, 0.2) is 0 Å². The second-order valence-corrected chi connectivity index (χ2v) is 9.68. The molecule has 45 heavy (non-hydrogen) atoms. The highest BCUT2D eigenvalue weighted by molar-refractivity contribution is 5.73. The fourth-order valence-electron chi connectivity index (χ4n) is 4.41. The van der Waals surface area contributed by atoms with Crippen molar-refractivity contribution in [2.75, 3.05) is 39.3 Å². The van der Waals surface area contributed by atoms with Crippen molar-refractivity contribution in [1.29, 1.82) is 0 Å². The molecule has 3 heterocycles. The summed E-state index contributed by atoms with van der Waals surface area (Å²) in [5, 5.41) is 21.4. The molecule has 0 unspecified atom stereocenters. The quantitative estimate of drug-likeness (QED) is 0.379. The zero-order valence-corrected chi connectivity index (χ0v) is 23.4. The van der Waals surface area contributed by atoms with E-state index >= 15 is 0 Å². The van der Waals surface area contributed by atoms with E-state index in [4.69, 9.17) is 39.2 Å². The predicted molar refractivity (Wildman–Crippen MR) is 134 cm³/mol. The molecular weight excluding hydrogens is 641 g/mol. The number of carboxylic acid groups (broad SMARTS) is 3. The topological polar surface area (TPSA) is 150 Å². The molecule has 3 aliphatic rings. The molecule has 4 rings (SSSR count). The molecule has 3 N–H and O–H groups in total. The van der Waals surface area contributed by atoms with Gasteiger partial charge in [0.25, 0.3) is 0 Å². The van der Waals surface area contributed by atoms with Gasteiger partial charge in [-0.25, -0.2) is 14.4 Å². The van der Waals surface area contributed by atoms with Gasteiger partial charge in [0.05, 0.1) is 25.4 Å². The van der Waals surface area contributed by atoms with E-state index in [0.29, 0.717) is 12.6 Å². The number of morpholine rings is 1. The van der Waals surface area contributed by atoms with Crippen LogP contribution in [0.5, 0.6) is 0 Å². The third-order valence-electron chi connectivity index (χ3n) is 6.47. The molecular formula is C25H32F9N3O8. The number of pyridine rings is 1. The van der Waals surface area contributed by atoms with Crippen LogP contribution in [0.1, 0.15) is 31.2 Å². The summed E-state index contributed by atoms with van der Waals surface area (Å²) in [6.07, 6.45) is -6.04. The molecule has 0 radical (unpaired) electrons. The molecule has 0 spiro atoms. The first kappa shape index (κ1) is 39.8. The third-order valence-corrected chi connectivity index (χ3v) is 6.47. The first-order valence-corrected chi connectivity index (χ1v) is 13.2. The maximum atomic E-state index is 10.6. The average Bonchev–Trinajstić information content (AvgIpc) is 3.61.